The summed E-state index contributed by atoms with van der Waals surface area (Å²) < 4.78 is 7.99. The molecule has 2 heterocycles. The number of carbonyl (C=O) groups is 1. The number of anilines is 2. The lowest BCUT2D eigenvalue weighted by molar-refractivity contribution is -0.115. The molecule has 0 bridgehead atoms. The molecule has 0 atom stereocenters. The van der Waals surface area contributed by atoms with Crippen LogP contribution in [0.3, 0.4) is 0 Å². The van der Waals surface area contributed by atoms with Crippen LogP contribution in [0.25, 0.3) is 11.0 Å². The molecule has 1 aliphatic heterocycles. The third-order valence-electron chi connectivity index (χ3n) is 6.51. The molecule has 1 amide bonds. The fourth-order valence-electron chi connectivity index (χ4n) is 4.38. The van der Waals surface area contributed by atoms with Crippen LogP contribution >= 0.6 is 0 Å². The Kier molecular flexibility index (Phi) is 6.26. The number of methoxy groups -OCH3 is 1. The molecule has 1 fully saturated rings. The molecule has 4 rings (SSSR count). The van der Waals surface area contributed by atoms with Gasteiger partial charge >= 0.3 is 11.1 Å². The molecular formula is C25H30N4O4. The first kappa shape index (κ1) is 22.6. The highest BCUT2D eigenvalue weighted by Crippen LogP contribution is 2.33. The number of fused-ring (bicyclic) bond motifs is 1. The minimum absolute atomic E-state index is 0.163. The number of ether oxygens (including phenoxy) is 1. The number of nitrogens with one attached hydrogen (secondary N) is 1. The molecule has 0 saturated carbocycles. The number of aryl methyl sites for hydroxylation is 2. The predicted molar refractivity (Wildman–Crippen MR) is 130 cm³/mol. The number of nitrogens with zero attached hydrogens (tertiary/aromatic N) is 3. The highest BCUT2D eigenvalue weighted by Gasteiger charge is 2.22. The molecular weight excluding hydrogens is 420 g/mol. The van der Waals surface area contributed by atoms with Crippen molar-refractivity contribution in [2.24, 2.45) is 20.0 Å². The van der Waals surface area contributed by atoms with Gasteiger partial charge in [0.25, 0.3) is 0 Å². The van der Waals surface area contributed by atoms with Crippen molar-refractivity contribution >= 4 is 28.3 Å². The molecule has 1 saturated heterocycles. The van der Waals surface area contributed by atoms with E-state index in [9.17, 15) is 14.4 Å². The van der Waals surface area contributed by atoms with Crippen LogP contribution in [0.2, 0.25) is 0 Å². The number of rotatable bonds is 5. The topological polar surface area (TPSA) is 85.6 Å². The molecule has 0 radical (unpaired) electrons. The number of aromatic nitrogens is 2. The molecule has 1 aliphatic rings. The lowest BCUT2D eigenvalue weighted by atomic mass is 9.98. The number of carbonyl (C=O) groups excluding carboxylic acids is 1. The van der Waals surface area contributed by atoms with E-state index in [2.05, 4.69) is 17.1 Å². The largest absolute Gasteiger partial charge is 0.497 e. The van der Waals surface area contributed by atoms with Crippen LogP contribution in [0.5, 0.6) is 5.75 Å². The summed E-state index contributed by atoms with van der Waals surface area (Å²) in [6.45, 7) is 3.98. The van der Waals surface area contributed by atoms with Gasteiger partial charge in [0.05, 0.1) is 35.9 Å². The summed E-state index contributed by atoms with van der Waals surface area (Å²) in [7, 11) is 4.78. The van der Waals surface area contributed by atoms with Gasteiger partial charge in [-0.3, -0.25) is 14.4 Å². The number of amides is 1. The first-order valence-corrected chi connectivity index (χ1v) is 11.2. The summed E-state index contributed by atoms with van der Waals surface area (Å²) in [5.74, 6) is 1.19. The van der Waals surface area contributed by atoms with E-state index in [-0.39, 0.29) is 12.3 Å². The van der Waals surface area contributed by atoms with E-state index < -0.39 is 11.1 Å². The van der Waals surface area contributed by atoms with Crippen molar-refractivity contribution in [2.75, 3.05) is 30.4 Å². The second-order valence-corrected chi connectivity index (χ2v) is 8.83. The molecule has 174 valence electrons. The monoisotopic (exact) mass is 450 g/mol. The minimum Gasteiger partial charge on any atom is -0.497 e. The second kappa shape index (κ2) is 9.13. The fraction of sp³-hybridized carbons (Fsp3) is 0.400. The summed E-state index contributed by atoms with van der Waals surface area (Å²) in [5, 5.41) is 3.05. The van der Waals surface area contributed by atoms with Crippen molar-refractivity contribution in [3.63, 3.8) is 0 Å². The van der Waals surface area contributed by atoms with Crippen molar-refractivity contribution in [3.05, 3.63) is 62.7 Å². The third-order valence-corrected chi connectivity index (χ3v) is 6.51. The third kappa shape index (κ3) is 4.51. The van der Waals surface area contributed by atoms with Gasteiger partial charge in [0.1, 0.15) is 5.75 Å². The Hall–Kier alpha value is -3.55. The maximum atomic E-state index is 13.0. The molecule has 8 nitrogen and oxygen atoms in total. The van der Waals surface area contributed by atoms with E-state index in [0.717, 1.165) is 37.2 Å². The molecule has 33 heavy (non-hydrogen) atoms. The van der Waals surface area contributed by atoms with Gasteiger partial charge in [0.15, 0.2) is 0 Å². The summed E-state index contributed by atoms with van der Waals surface area (Å²) in [6, 6.07) is 11.1. The number of hydrogen-bond acceptors (Lipinski definition) is 5. The average molecular weight is 451 g/mol. The Labute approximate surface area is 192 Å². The molecule has 0 unspecified atom stereocenters. The van der Waals surface area contributed by atoms with Crippen molar-refractivity contribution in [1.82, 2.24) is 9.13 Å². The van der Waals surface area contributed by atoms with Crippen molar-refractivity contribution in [2.45, 2.75) is 26.2 Å². The Morgan fingerprint density at radius 2 is 1.67 bits per heavy atom. The van der Waals surface area contributed by atoms with Crippen LogP contribution < -0.4 is 26.1 Å². The van der Waals surface area contributed by atoms with Gasteiger partial charge in [-0.1, -0.05) is 19.1 Å². The van der Waals surface area contributed by atoms with E-state index in [4.69, 9.17) is 4.74 Å². The highest BCUT2D eigenvalue weighted by molar-refractivity contribution is 5.99. The van der Waals surface area contributed by atoms with Gasteiger partial charge in [0.2, 0.25) is 5.91 Å². The zero-order chi connectivity index (χ0) is 23.7. The summed E-state index contributed by atoms with van der Waals surface area (Å²) in [4.78, 5) is 40.0. The first-order valence-electron chi connectivity index (χ1n) is 11.2. The molecule has 0 spiro atoms. The Balaban J connectivity index is 1.75. The van der Waals surface area contributed by atoms with Crippen molar-refractivity contribution in [3.8, 4) is 5.75 Å². The second-order valence-electron chi connectivity index (χ2n) is 8.83. The number of piperidine rings is 1. The first-order chi connectivity index (χ1) is 15.8. The SMILES string of the molecule is COc1cccc(CC(=O)Nc2cc3c(cc2N2CCC(C)CC2)n(C)c(=O)c(=O)n3C)c1. The van der Waals surface area contributed by atoms with Gasteiger partial charge in [-0.15, -0.1) is 0 Å². The normalized spacial score (nSPS) is 14.5. The van der Waals surface area contributed by atoms with E-state index >= 15 is 0 Å². The van der Waals surface area contributed by atoms with Crippen LogP contribution in [0.1, 0.15) is 25.3 Å². The van der Waals surface area contributed by atoms with E-state index in [1.54, 1.807) is 27.3 Å². The molecule has 1 N–H and O–H groups in total. The zero-order valence-electron chi connectivity index (χ0n) is 19.6. The van der Waals surface area contributed by atoms with Crippen LogP contribution in [-0.2, 0) is 25.3 Å². The van der Waals surface area contributed by atoms with E-state index in [1.165, 1.54) is 9.13 Å². The highest BCUT2D eigenvalue weighted by atomic mass is 16.5. The predicted octanol–water partition coefficient (Wildman–Crippen LogP) is 2.66. The molecule has 2 aromatic carbocycles. The van der Waals surface area contributed by atoms with Crippen LogP contribution in [0, 0.1) is 5.92 Å². The number of hydrogen-bond donors (Lipinski definition) is 1. The van der Waals surface area contributed by atoms with E-state index in [0.29, 0.717) is 28.4 Å². The Morgan fingerprint density at radius 1 is 1.03 bits per heavy atom. The summed E-state index contributed by atoms with van der Waals surface area (Å²) in [6.07, 6.45) is 2.31. The van der Waals surface area contributed by atoms with Gasteiger partial charge in [-0.25, -0.2) is 0 Å². The average Bonchev–Trinajstić information content (AvgIpc) is 2.81. The van der Waals surface area contributed by atoms with Crippen LogP contribution in [-0.4, -0.2) is 35.2 Å². The standard InChI is InChI=1S/C25H30N4O4/c1-16-8-10-29(11-9-16)20-15-22-21(27(2)24(31)25(32)28(22)3)14-19(20)26-23(30)13-17-6-5-7-18(12-17)33-4/h5-7,12,14-16H,8-11,13H2,1-4H3,(H,26,30). The van der Waals surface area contributed by atoms with E-state index in [1.807, 2.05) is 30.3 Å². The van der Waals surface area contributed by atoms with Crippen LogP contribution in [0.4, 0.5) is 11.4 Å². The zero-order valence-corrected chi connectivity index (χ0v) is 19.6. The number of benzene rings is 2. The Bertz CT molecular complexity index is 1320. The minimum atomic E-state index is -0.599. The van der Waals surface area contributed by atoms with Gasteiger partial charge in [-0.05, 0) is 48.6 Å². The maximum absolute atomic E-state index is 13.0. The van der Waals surface area contributed by atoms with Crippen molar-refractivity contribution in [1.29, 1.82) is 0 Å². The lowest BCUT2D eigenvalue weighted by Crippen LogP contribution is -2.39. The smallest absolute Gasteiger partial charge is 0.316 e. The fourth-order valence-corrected chi connectivity index (χ4v) is 4.38. The van der Waals surface area contributed by atoms with Gasteiger partial charge in [-0.2, -0.15) is 0 Å². The molecule has 0 aliphatic carbocycles. The lowest BCUT2D eigenvalue weighted by Gasteiger charge is -2.34. The molecule has 3 aromatic rings. The molecule has 8 heteroatoms. The van der Waals surface area contributed by atoms with Gasteiger partial charge < -0.3 is 24.1 Å². The Morgan fingerprint density at radius 3 is 2.30 bits per heavy atom. The van der Waals surface area contributed by atoms with Gasteiger partial charge in [0, 0.05) is 27.2 Å². The maximum Gasteiger partial charge on any atom is 0.316 e. The summed E-state index contributed by atoms with van der Waals surface area (Å²) >= 11 is 0. The summed E-state index contributed by atoms with van der Waals surface area (Å²) in [5.41, 5.74) is 2.42. The molecule has 1 aromatic heterocycles. The van der Waals surface area contributed by atoms with Crippen molar-refractivity contribution < 1.29 is 9.53 Å². The van der Waals surface area contributed by atoms with Crippen LogP contribution in [0.15, 0.2) is 46.0 Å². The quantitative estimate of drug-likeness (QED) is 0.604.